The van der Waals surface area contributed by atoms with Crippen molar-refractivity contribution in [2.45, 2.75) is 72.9 Å². The number of hydrogen-bond acceptors (Lipinski definition) is 2. The summed E-state index contributed by atoms with van der Waals surface area (Å²) in [7, 11) is 0. The number of hydrogen-bond donors (Lipinski definition) is 1. The van der Waals surface area contributed by atoms with E-state index < -0.39 is 0 Å². The number of nitrogens with one attached hydrogen (secondary N) is 1. The monoisotopic (exact) mass is 274 g/mol. The molecule has 1 fully saturated rings. The lowest BCUT2D eigenvalue weighted by atomic mass is 9.79. The SMILES string of the molecule is Cc1cc(C)c(C(C)NC2CCC(C)C(C)C2)c(C)n1. The van der Waals surface area contributed by atoms with Crippen LogP contribution in [0.5, 0.6) is 0 Å². The molecule has 0 saturated heterocycles. The Morgan fingerprint density at radius 1 is 1.15 bits per heavy atom. The Morgan fingerprint density at radius 3 is 2.45 bits per heavy atom. The van der Waals surface area contributed by atoms with Crippen molar-refractivity contribution < 1.29 is 0 Å². The van der Waals surface area contributed by atoms with Crippen LogP contribution in [0.25, 0.3) is 0 Å². The zero-order valence-electron chi connectivity index (χ0n) is 14.0. The second-order valence-electron chi connectivity index (χ2n) is 6.93. The molecule has 1 heterocycles. The van der Waals surface area contributed by atoms with Gasteiger partial charge in [-0.15, -0.1) is 0 Å². The molecule has 1 aliphatic carbocycles. The Morgan fingerprint density at radius 2 is 1.85 bits per heavy atom. The lowest BCUT2D eigenvalue weighted by Gasteiger charge is -2.35. The van der Waals surface area contributed by atoms with E-state index in [2.05, 4.69) is 57.9 Å². The number of aryl methyl sites for hydroxylation is 3. The van der Waals surface area contributed by atoms with Gasteiger partial charge in [0.25, 0.3) is 0 Å². The maximum Gasteiger partial charge on any atom is 0.0426 e. The summed E-state index contributed by atoms with van der Waals surface area (Å²) in [4.78, 5) is 4.64. The van der Waals surface area contributed by atoms with E-state index in [9.17, 15) is 0 Å². The van der Waals surface area contributed by atoms with Crippen LogP contribution >= 0.6 is 0 Å². The summed E-state index contributed by atoms with van der Waals surface area (Å²) < 4.78 is 0. The molecule has 0 spiro atoms. The van der Waals surface area contributed by atoms with Gasteiger partial charge < -0.3 is 5.32 Å². The molecule has 1 aromatic heterocycles. The maximum atomic E-state index is 4.64. The van der Waals surface area contributed by atoms with E-state index in [-0.39, 0.29) is 0 Å². The van der Waals surface area contributed by atoms with Gasteiger partial charge in [-0.2, -0.15) is 0 Å². The fourth-order valence-electron chi connectivity index (χ4n) is 3.82. The minimum Gasteiger partial charge on any atom is -0.307 e. The first-order valence-corrected chi connectivity index (χ1v) is 8.09. The summed E-state index contributed by atoms with van der Waals surface area (Å²) >= 11 is 0. The summed E-state index contributed by atoms with van der Waals surface area (Å²) in [6, 6.07) is 3.26. The van der Waals surface area contributed by atoms with Crippen molar-refractivity contribution in [3.05, 3.63) is 28.6 Å². The first-order chi connectivity index (χ1) is 9.38. The molecule has 1 N–H and O–H groups in total. The van der Waals surface area contributed by atoms with Crippen molar-refractivity contribution in [1.82, 2.24) is 10.3 Å². The third kappa shape index (κ3) is 3.41. The van der Waals surface area contributed by atoms with E-state index >= 15 is 0 Å². The molecule has 0 bridgehead atoms. The van der Waals surface area contributed by atoms with Gasteiger partial charge in [-0.25, -0.2) is 0 Å². The molecule has 0 radical (unpaired) electrons. The van der Waals surface area contributed by atoms with Crippen molar-refractivity contribution in [3.8, 4) is 0 Å². The molecule has 0 amide bonds. The summed E-state index contributed by atoms with van der Waals surface area (Å²) in [6.45, 7) is 13.5. The van der Waals surface area contributed by atoms with Crippen molar-refractivity contribution >= 4 is 0 Å². The number of aromatic nitrogens is 1. The fourth-order valence-corrected chi connectivity index (χ4v) is 3.82. The summed E-state index contributed by atoms with van der Waals surface area (Å²) in [5.74, 6) is 1.72. The minimum atomic E-state index is 0.397. The average Bonchev–Trinajstić information content (AvgIpc) is 2.32. The summed E-state index contributed by atoms with van der Waals surface area (Å²) in [5.41, 5.74) is 5.06. The second-order valence-corrected chi connectivity index (χ2v) is 6.93. The van der Waals surface area contributed by atoms with Crippen molar-refractivity contribution in [3.63, 3.8) is 0 Å². The Kier molecular flexibility index (Phi) is 4.85. The highest BCUT2D eigenvalue weighted by Gasteiger charge is 2.26. The van der Waals surface area contributed by atoms with Crippen molar-refractivity contribution in [2.75, 3.05) is 0 Å². The van der Waals surface area contributed by atoms with E-state index in [1.807, 2.05) is 0 Å². The largest absolute Gasteiger partial charge is 0.307 e. The second kappa shape index (κ2) is 6.26. The van der Waals surface area contributed by atoms with Gasteiger partial charge in [0, 0.05) is 23.5 Å². The zero-order chi connectivity index (χ0) is 14.9. The molecule has 112 valence electrons. The predicted molar refractivity (Wildman–Crippen MR) is 86.0 cm³/mol. The molecule has 4 unspecified atom stereocenters. The van der Waals surface area contributed by atoms with Crippen molar-refractivity contribution in [1.29, 1.82) is 0 Å². The van der Waals surface area contributed by atoms with Crippen LogP contribution in [0.1, 0.15) is 68.6 Å². The average molecular weight is 274 g/mol. The zero-order valence-corrected chi connectivity index (χ0v) is 14.0. The Labute approximate surface area is 124 Å². The standard InChI is InChI=1S/C18H30N2/c1-11-7-8-17(10-12(11)2)20-16(6)18-13(3)9-14(4)19-15(18)5/h9,11-12,16-17,20H,7-8,10H2,1-6H3. The van der Waals surface area contributed by atoms with E-state index in [4.69, 9.17) is 0 Å². The smallest absolute Gasteiger partial charge is 0.0426 e. The van der Waals surface area contributed by atoms with Crippen LogP contribution in [0.15, 0.2) is 6.07 Å². The molecular weight excluding hydrogens is 244 g/mol. The summed E-state index contributed by atoms with van der Waals surface area (Å²) in [5, 5.41) is 3.85. The van der Waals surface area contributed by atoms with Crippen LogP contribution in [0.2, 0.25) is 0 Å². The Hall–Kier alpha value is -0.890. The Bertz CT molecular complexity index is 443. The van der Waals surface area contributed by atoms with Gasteiger partial charge in [-0.1, -0.05) is 13.8 Å². The lowest BCUT2D eigenvalue weighted by Crippen LogP contribution is -2.38. The Balaban J connectivity index is 2.07. The normalized spacial score (nSPS) is 28.4. The molecule has 0 aliphatic heterocycles. The molecule has 1 aromatic rings. The van der Waals surface area contributed by atoms with Crippen LogP contribution in [-0.4, -0.2) is 11.0 Å². The molecule has 2 nitrogen and oxygen atoms in total. The van der Waals surface area contributed by atoms with E-state index in [0.717, 1.165) is 17.5 Å². The quantitative estimate of drug-likeness (QED) is 0.879. The van der Waals surface area contributed by atoms with Crippen LogP contribution in [0, 0.1) is 32.6 Å². The molecule has 2 rings (SSSR count). The number of rotatable bonds is 3. The maximum absolute atomic E-state index is 4.64. The van der Waals surface area contributed by atoms with Gasteiger partial charge in [0.15, 0.2) is 0 Å². The number of nitrogens with zero attached hydrogens (tertiary/aromatic N) is 1. The van der Waals surface area contributed by atoms with Crippen molar-refractivity contribution in [2.24, 2.45) is 11.8 Å². The molecule has 0 aromatic carbocycles. The lowest BCUT2D eigenvalue weighted by molar-refractivity contribution is 0.217. The minimum absolute atomic E-state index is 0.397. The fraction of sp³-hybridized carbons (Fsp3) is 0.722. The van der Waals surface area contributed by atoms with Gasteiger partial charge in [0.05, 0.1) is 0 Å². The highest BCUT2D eigenvalue weighted by molar-refractivity contribution is 5.33. The third-order valence-electron chi connectivity index (χ3n) is 5.10. The molecule has 4 atom stereocenters. The predicted octanol–water partition coefficient (Wildman–Crippen LogP) is 4.48. The molecule has 1 saturated carbocycles. The van der Waals surface area contributed by atoms with Crippen LogP contribution in [-0.2, 0) is 0 Å². The first-order valence-electron chi connectivity index (χ1n) is 8.09. The highest BCUT2D eigenvalue weighted by atomic mass is 15.0. The topological polar surface area (TPSA) is 24.9 Å². The highest BCUT2D eigenvalue weighted by Crippen LogP contribution is 2.31. The van der Waals surface area contributed by atoms with Gasteiger partial charge >= 0.3 is 0 Å². The van der Waals surface area contributed by atoms with Gasteiger partial charge in [-0.05, 0) is 76.0 Å². The first kappa shape index (κ1) is 15.5. The van der Waals surface area contributed by atoms with Crippen LogP contribution in [0.4, 0.5) is 0 Å². The van der Waals surface area contributed by atoms with E-state index in [1.54, 1.807) is 0 Å². The molecular formula is C18H30N2. The van der Waals surface area contributed by atoms with E-state index in [0.29, 0.717) is 12.1 Å². The van der Waals surface area contributed by atoms with Crippen LogP contribution in [0.3, 0.4) is 0 Å². The third-order valence-corrected chi connectivity index (χ3v) is 5.10. The van der Waals surface area contributed by atoms with Gasteiger partial charge in [-0.3, -0.25) is 4.98 Å². The molecule has 1 aliphatic rings. The number of pyridine rings is 1. The van der Waals surface area contributed by atoms with Crippen LogP contribution < -0.4 is 5.32 Å². The molecule has 20 heavy (non-hydrogen) atoms. The van der Waals surface area contributed by atoms with Gasteiger partial charge in [0.1, 0.15) is 0 Å². The van der Waals surface area contributed by atoms with E-state index in [1.165, 1.54) is 36.1 Å². The molecule has 2 heteroatoms. The summed E-state index contributed by atoms with van der Waals surface area (Å²) in [6.07, 6.45) is 3.98. The van der Waals surface area contributed by atoms with Gasteiger partial charge in [0.2, 0.25) is 0 Å².